The highest BCUT2D eigenvalue weighted by molar-refractivity contribution is 5.95. The first-order valence-electron chi connectivity index (χ1n) is 13.7. The van der Waals surface area contributed by atoms with E-state index in [1.165, 1.54) is 30.8 Å². The number of amides is 4. The third-order valence-electron chi connectivity index (χ3n) is 6.90. The summed E-state index contributed by atoms with van der Waals surface area (Å²) < 4.78 is 49.4. The highest BCUT2D eigenvalue weighted by Crippen LogP contribution is 2.23. The zero-order valence-electron chi connectivity index (χ0n) is 24.4. The van der Waals surface area contributed by atoms with Gasteiger partial charge in [-0.3, -0.25) is 14.4 Å². The summed E-state index contributed by atoms with van der Waals surface area (Å²) in [4.78, 5) is 66.0. The highest BCUT2D eigenvalue weighted by Gasteiger charge is 2.45. The molecule has 4 amide bonds. The van der Waals surface area contributed by atoms with Crippen LogP contribution in [-0.4, -0.2) is 90.6 Å². The second-order valence-corrected chi connectivity index (χ2v) is 10.7. The Morgan fingerprint density at radius 3 is 2.02 bits per heavy atom. The van der Waals surface area contributed by atoms with E-state index in [-0.39, 0.29) is 32.5 Å². The molecule has 0 bridgehead atoms. The predicted molar refractivity (Wildman–Crippen MR) is 145 cm³/mol. The minimum Gasteiger partial charge on any atom is -0.453 e. The van der Waals surface area contributed by atoms with Crippen LogP contribution >= 0.6 is 0 Å². The molecule has 42 heavy (non-hydrogen) atoms. The van der Waals surface area contributed by atoms with Crippen molar-refractivity contribution in [1.82, 2.24) is 20.4 Å². The normalized spacial score (nSPS) is 15.5. The molecule has 0 radical (unpaired) electrons. The molecule has 1 aromatic carbocycles. The van der Waals surface area contributed by atoms with Crippen LogP contribution in [0.1, 0.15) is 46.1 Å². The number of ether oxygens (including phenoxy) is 2. The summed E-state index contributed by atoms with van der Waals surface area (Å²) in [6.07, 6.45) is -6.10. The average Bonchev–Trinajstić information content (AvgIpc) is 2.95. The van der Waals surface area contributed by atoms with Crippen molar-refractivity contribution in [3.63, 3.8) is 0 Å². The van der Waals surface area contributed by atoms with Gasteiger partial charge in [-0.2, -0.15) is 13.2 Å². The molecule has 14 heteroatoms. The molecule has 234 valence electrons. The van der Waals surface area contributed by atoms with Crippen LogP contribution in [0.2, 0.25) is 0 Å². The van der Waals surface area contributed by atoms with Crippen molar-refractivity contribution >= 4 is 29.8 Å². The van der Waals surface area contributed by atoms with Gasteiger partial charge in [0.1, 0.15) is 12.6 Å². The summed E-state index contributed by atoms with van der Waals surface area (Å²) >= 11 is 0. The van der Waals surface area contributed by atoms with Gasteiger partial charge in [-0.25, -0.2) is 9.59 Å². The molecule has 1 saturated heterocycles. The lowest BCUT2D eigenvalue weighted by Crippen LogP contribution is -2.59. The predicted octanol–water partition coefficient (Wildman–Crippen LogP) is 3.27. The van der Waals surface area contributed by atoms with E-state index in [1.807, 2.05) is 0 Å². The van der Waals surface area contributed by atoms with Crippen LogP contribution in [0.3, 0.4) is 0 Å². The molecular formula is C28H39F3N4O7. The van der Waals surface area contributed by atoms with E-state index in [2.05, 4.69) is 10.6 Å². The van der Waals surface area contributed by atoms with E-state index in [0.717, 1.165) is 5.56 Å². The van der Waals surface area contributed by atoms with Crippen LogP contribution in [0.5, 0.6) is 0 Å². The number of piperidine rings is 1. The number of hydrogen-bond donors (Lipinski definition) is 2. The number of carbonyl (C=O) groups is 5. The van der Waals surface area contributed by atoms with Gasteiger partial charge in [0.25, 0.3) is 5.78 Å². The number of likely N-dealkylation sites (tertiary alicyclic amines) is 1. The number of nitrogens with zero attached hydrogens (tertiary/aromatic N) is 2. The molecule has 0 unspecified atom stereocenters. The van der Waals surface area contributed by atoms with E-state index in [0.29, 0.717) is 0 Å². The number of halogens is 3. The first kappa shape index (κ1) is 34.4. The molecule has 0 spiro atoms. The molecule has 1 heterocycles. The summed E-state index contributed by atoms with van der Waals surface area (Å²) in [7, 11) is 1.23. The van der Waals surface area contributed by atoms with E-state index in [4.69, 9.17) is 9.47 Å². The summed E-state index contributed by atoms with van der Waals surface area (Å²) in [5.41, 5.74) is 0.726. The summed E-state index contributed by atoms with van der Waals surface area (Å²) in [5.74, 6) is -5.06. The number of methoxy groups -OCH3 is 1. The SMILES string of the molecule is COC(=O)N1CCC(N(CC(=O)N[C@H](C(=O)C(F)(F)F)C(C)C)C(=O)[C@@H](NC(=O)OCc2ccccc2)C(C)C)CC1. The molecule has 1 fully saturated rings. The zero-order chi connectivity index (χ0) is 31.6. The Morgan fingerprint density at radius 2 is 1.52 bits per heavy atom. The van der Waals surface area contributed by atoms with Crippen molar-refractivity contribution in [3.8, 4) is 0 Å². The summed E-state index contributed by atoms with van der Waals surface area (Å²) in [6.45, 7) is 5.75. The van der Waals surface area contributed by atoms with Crippen LogP contribution in [0.25, 0.3) is 0 Å². The molecule has 0 aromatic heterocycles. The first-order valence-corrected chi connectivity index (χ1v) is 13.7. The third-order valence-corrected chi connectivity index (χ3v) is 6.90. The number of rotatable bonds is 11. The third kappa shape index (κ3) is 9.91. The minimum absolute atomic E-state index is 0.0480. The first-order chi connectivity index (χ1) is 19.6. The van der Waals surface area contributed by atoms with Gasteiger partial charge < -0.3 is 29.9 Å². The lowest BCUT2D eigenvalue weighted by molar-refractivity contribution is -0.175. The standard InChI is InChI=1S/C28H39F3N4O7/c1-17(2)22(24(37)28(29,30)31)32-21(36)15-35(20-11-13-34(14-12-20)27(40)41-5)25(38)23(18(3)4)33-26(39)42-16-19-9-7-6-8-10-19/h6-10,17-18,20,22-23H,11-16H2,1-5H3,(H,32,36)(H,33,39)/t22-,23-/m0/s1. The highest BCUT2D eigenvalue weighted by atomic mass is 19.4. The van der Waals surface area contributed by atoms with Gasteiger partial charge in [-0.05, 0) is 30.2 Å². The van der Waals surface area contributed by atoms with E-state index >= 15 is 0 Å². The lowest BCUT2D eigenvalue weighted by Gasteiger charge is -2.40. The van der Waals surface area contributed by atoms with Crippen molar-refractivity contribution in [2.24, 2.45) is 11.8 Å². The summed E-state index contributed by atoms with van der Waals surface area (Å²) in [6, 6.07) is 5.29. The Labute approximate surface area is 243 Å². The van der Waals surface area contributed by atoms with Gasteiger partial charge in [0.05, 0.1) is 19.7 Å². The molecule has 2 N–H and O–H groups in total. The molecular weight excluding hydrogens is 561 g/mol. The maximum Gasteiger partial charge on any atom is 0.452 e. The molecule has 2 rings (SSSR count). The van der Waals surface area contributed by atoms with Gasteiger partial charge in [-0.1, -0.05) is 58.0 Å². The number of nitrogens with one attached hydrogen (secondary N) is 2. The van der Waals surface area contributed by atoms with Crippen molar-refractivity contribution in [3.05, 3.63) is 35.9 Å². The van der Waals surface area contributed by atoms with Crippen LogP contribution < -0.4 is 10.6 Å². The summed E-state index contributed by atoms with van der Waals surface area (Å²) in [5, 5.41) is 4.67. The molecule has 2 atom stereocenters. The van der Waals surface area contributed by atoms with Crippen molar-refractivity contribution in [2.75, 3.05) is 26.7 Å². The topological polar surface area (TPSA) is 134 Å². The van der Waals surface area contributed by atoms with Crippen LogP contribution in [0.4, 0.5) is 22.8 Å². The Balaban J connectivity index is 2.24. The molecule has 1 aliphatic rings. The Morgan fingerprint density at radius 1 is 0.952 bits per heavy atom. The van der Waals surface area contributed by atoms with Crippen molar-refractivity contribution in [1.29, 1.82) is 0 Å². The molecule has 1 aromatic rings. The average molecular weight is 601 g/mol. The largest absolute Gasteiger partial charge is 0.453 e. The van der Waals surface area contributed by atoms with Crippen molar-refractivity contribution < 1.29 is 46.6 Å². The number of carbonyl (C=O) groups excluding carboxylic acids is 5. The fourth-order valence-corrected chi connectivity index (χ4v) is 4.55. The lowest BCUT2D eigenvalue weighted by atomic mass is 9.97. The number of alkyl carbamates (subject to hydrolysis) is 1. The Bertz CT molecular complexity index is 1090. The van der Waals surface area contributed by atoms with Crippen LogP contribution in [0, 0.1) is 11.8 Å². The molecule has 0 aliphatic carbocycles. The van der Waals surface area contributed by atoms with Crippen LogP contribution in [0.15, 0.2) is 30.3 Å². The fraction of sp³-hybridized carbons (Fsp3) is 0.607. The number of alkyl halides is 3. The zero-order valence-corrected chi connectivity index (χ0v) is 24.4. The van der Waals surface area contributed by atoms with Crippen molar-refractivity contribution in [2.45, 2.75) is 71.4 Å². The van der Waals surface area contributed by atoms with Gasteiger partial charge in [0.2, 0.25) is 11.8 Å². The van der Waals surface area contributed by atoms with E-state index in [9.17, 15) is 37.1 Å². The second kappa shape index (κ2) is 15.4. The number of benzene rings is 1. The quantitative estimate of drug-likeness (QED) is 0.398. The number of hydrogen-bond acceptors (Lipinski definition) is 7. The molecule has 11 nitrogen and oxygen atoms in total. The van der Waals surface area contributed by atoms with Gasteiger partial charge >= 0.3 is 18.4 Å². The maximum absolute atomic E-state index is 13.8. The number of Topliss-reactive ketones (excluding diaryl/α,β-unsaturated/α-hetero) is 1. The minimum atomic E-state index is -5.16. The second-order valence-electron chi connectivity index (χ2n) is 10.7. The number of ketones is 1. The fourth-order valence-electron chi connectivity index (χ4n) is 4.55. The van der Waals surface area contributed by atoms with Gasteiger partial charge in [0.15, 0.2) is 0 Å². The molecule has 1 aliphatic heterocycles. The Kier molecular flexibility index (Phi) is 12.6. The maximum atomic E-state index is 13.8. The van der Waals surface area contributed by atoms with E-state index in [1.54, 1.807) is 44.2 Å². The smallest absolute Gasteiger partial charge is 0.452 e. The van der Waals surface area contributed by atoms with Gasteiger partial charge in [0, 0.05) is 19.1 Å². The van der Waals surface area contributed by atoms with Crippen LogP contribution in [-0.2, 0) is 30.5 Å². The Hall–Kier alpha value is -3.84. The van der Waals surface area contributed by atoms with E-state index < -0.39 is 72.5 Å². The molecule has 0 saturated carbocycles. The van der Waals surface area contributed by atoms with Gasteiger partial charge in [-0.15, -0.1) is 0 Å². The monoisotopic (exact) mass is 600 g/mol.